The highest BCUT2D eigenvalue weighted by atomic mass is 32.2. The van der Waals surface area contributed by atoms with Crippen LogP contribution in [0.25, 0.3) is 0 Å². The molecule has 0 aliphatic heterocycles. The van der Waals surface area contributed by atoms with Crippen LogP contribution in [0.15, 0.2) is 89.8 Å². The molecule has 0 heterocycles. The summed E-state index contributed by atoms with van der Waals surface area (Å²) in [4.78, 5) is 38.3. The molecular formula is C27H24O9S. The van der Waals surface area contributed by atoms with Crippen LogP contribution in [0.4, 0.5) is 0 Å². The van der Waals surface area contributed by atoms with Crippen molar-refractivity contribution < 1.29 is 41.6 Å². The minimum Gasteiger partial charge on any atom is -0.451 e. The van der Waals surface area contributed by atoms with Gasteiger partial charge in [0.15, 0.2) is 18.0 Å². The number of carbonyl (C=O) groups excluding carboxylic acids is 3. The Morgan fingerprint density at radius 1 is 0.784 bits per heavy atom. The SMILES string of the molecule is Cc1ccc(S(=O)(=O)OC2C(O)CC(=O)C(OC(=O)c3ccccc3)C2OC(=O)c2ccccc2)cc1. The Hall–Kier alpha value is -3.86. The van der Waals surface area contributed by atoms with Gasteiger partial charge in [0.25, 0.3) is 10.1 Å². The number of carbonyl (C=O) groups is 3. The molecule has 4 atom stereocenters. The van der Waals surface area contributed by atoms with Crippen LogP contribution in [0.1, 0.15) is 32.7 Å². The van der Waals surface area contributed by atoms with Gasteiger partial charge >= 0.3 is 11.9 Å². The van der Waals surface area contributed by atoms with Crippen molar-refractivity contribution in [1.82, 2.24) is 0 Å². The van der Waals surface area contributed by atoms with Crippen LogP contribution in [-0.4, -0.2) is 55.7 Å². The lowest BCUT2D eigenvalue weighted by molar-refractivity contribution is -0.160. The zero-order valence-electron chi connectivity index (χ0n) is 19.7. The molecule has 0 amide bonds. The van der Waals surface area contributed by atoms with Gasteiger partial charge in [-0.05, 0) is 43.3 Å². The molecule has 192 valence electrons. The number of esters is 2. The van der Waals surface area contributed by atoms with E-state index < -0.39 is 58.7 Å². The molecule has 4 unspecified atom stereocenters. The van der Waals surface area contributed by atoms with Crippen molar-refractivity contribution in [2.45, 2.75) is 42.7 Å². The van der Waals surface area contributed by atoms with Crippen molar-refractivity contribution in [1.29, 1.82) is 0 Å². The van der Waals surface area contributed by atoms with E-state index >= 15 is 0 Å². The predicted molar refractivity (Wildman–Crippen MR) is 130 cm³/mol. The number of rotatable bonds is 7. The van der Waals surface area contributed by atoms with Crippen LogP contribution in [0.5, 0.6) is 0 Å². The third kappa shape index (κ3) is 6.11. The Labute approximate surface area is 213 Å². The number of aliphatic hydroxyl groups excluding tert-OH is 1. The Kier molecular flexibility index (Phi) is 7.82. The first-order valence-corrected chi connectivity index (χ1v) is 12.8. The Morgan fingerprint density at radius 3 is 1.84 bits per heavy atom. The van der Waals surface area contributed by atoms with E-state index in [4.69, 9.17) is 13.7 Å². The summed E-state index contributed by atoms with van der Waals surface area (Å²) < 4.78 is 42.3. The molecule has 1 fully saturated rings. The van der Waals surface area contributed by atoms with Crippen LogP contribution in [0.3, 0.4) is 0 Å². The van der Waals surface area contributed by atoms with E-state index in [1.807, 2.05) is 0 Å². The zero-order chi connectivity index (χ0) is 26.6. The number of hydrogen-bond donors (Lipinski definition) is 1. The maximum atomic E-state index is 13.0. The van der Waals surface area contributed by atoms with Crippen molar-refractivity contribution in [3.05, 3.63) is 102 Å². The lowest BCUT2D eigenvalue weighted by atomic mass is 9.88. The van der Waals surface area contributed by atoms with Crippen molar-refractivity contribution in [2.75, 3.05) is 0 Å². The number of Topliss-reactive ketones (excluding diaryl/α,β-unsaturated/α-hetero) is 1. The van der Waals surface area contributed by atoms with Gasteiger partial charge in [-0.3, -0.25) is 8.98 Å². The Bertz CT molecular complexity index is 1370. The molecule has 0 bridgehead atoms. The highest BCUT2D eigenvalue weighted by molar-refractivity contribution is 7.86. The molecule has 10 heteroatoms. The fourth-order valence-corrected chi connectivity index (χ4v) is 4.93. The molecule has 1 aliphatic rings. The Morgan fingerprint density at radius 2 is 1.30 bits per heavy atom. The van der Waals surface area contributed by atoms with E-state index in [1.165, 1.54) is 36.4 Å². The highest BCUT2D eigenvalue weighted by Gasteiger charge is 2.51. The summed E-state index contributed by atoms with van der Waals surface area (Å²) in [5.41, 5.74) is 1.03. The standard InChI is InChI=1S/C27H24O9S/c1-17-12-14-20(15-13-17)37(32,33)36-24-22(29)16-21(28)23(34-26(30)18-8-4-2-5-9-18)25(24)35-27(31)19-10-6-3-7-11-19/h2-15,22-25,29H,16H2,1H3. The first kappa shape index (κ1) is 26.2. The highest BCUT2D eigenvalue weighted by Crippen LogP contribution is 2.30. The molecule has 9 nitrogen and oxygen atoms in total. The van der Waals surface area contributed by atoms with E-state index in [9.17, 15) is 27.9 Å². The maximum absolute atomic E-state index is 13.0. The minimum atomic E-state index is -4.47. The molecule has 4 rings (SSSR count). The van der Waals surface area contributed by atoms with Gasteiger partial charge in [0.2, 0.25) is 0 Å². The fourth-order valence-electron chi connectivity index (χ4n) is 3.82. The van der Waals surface area contributed by atoms with Gasteiger partial charge in [0, 0.05) is 6.42 Å². The van der Waals surface area contributed by atoms with E-state index in [1.54, 1.807) is 55.5 Å². The molecule has 0 saturated heterocycles. The molecule has 37 heavy (non-hydrogen) atoms. The van der Waals surface area contributed by atoms with E-state index in [0.29, 0.717) is 0 Å². The van der Waals surface area contributed by atoms with E-state index in [2.05, 4.69) is 0 Å². The van der Waals surface area contributed by atoms with E-state index in [-0.39, 0.29) is 16.0 Å². The summed E-state index contributed by atoms with van der Waals surface area (Å²) in [6.07, 6.45) is -7.45. The average molecular weight is 525 g/mol. The van der Waals surface area contributed by atoms with Crippen LogP contribution in [-0.2, 0) is 28.6 Å². The lowest BCUT2D eigenvalue weighted by Crippen LogP contribution is -2.58. The third-order valence-electron chi connectivity index (χ3n) is 5.77. The normalized spacial score (nSPS) is 21.7. The molecule has 3 aromatic rings. The lowest BCUT2D eigenvalue weighted by Gasteiger charge is -2.37. The first-order valence-electron chi connectivity index (χ1n) is 11.4. The number of hydrogen-bond acceptors (Lipinski definition) is 9. The molecule has 1 N–H and O–H groups in total. The van der Waals surface area contributed by atoms with E-state index in [0.717, 1.165) is 5.56 Å². The number of aryl methyl sites for hydroxylation is 1. The summed E-state index contributed by atoms with van der Waals surface area (Å²) >= 11 is 0. The summed E-state index contributed by atoms with van der Waals surface area (Å²) in [6, 6.07) is 21.3. The monoisotopic (exact) mass is 524 g/mol. The summed E-state index contributed by atoms with van der Waals surface area (Å²) in [5, 5.41) is 10.7. The molecule has 1 saturated carbocycles. The van der Waals surface area contributed by atoms with Crippen molar-refractivity contribution in [3.63, 3.8) is 0 Å². The number of ketones is 1. The van der Waals surface area contributed by atoms with Gasteiger partial charge in [0.1, 0.15) is 6.10 Å². The van der Waals surface area contributed by atoms with Gasteiger partial charge in [-0.25, -0.2) is 9.59 Å². The third-order valence-corrected chi connectivity index (χ3v) is 7.10. The summed E-state index contributed by atoms with van der Waals surface area (Å²) in [7, 11) is -4.47. The van der Waals surface area contributed by atoms with Gasteiger partial charge < -0.3 is 14.6 Å². The van der Waals surface area contributed by atoms with Gasteiger partial charge in [-0.1, -0.05) is 54.1 Å². The number of aliphatic hydroxyl groups is 1. The Balaban J connectivity index is 1.68. The van der Waals surface area contributed by atoms with Gasteiger partial charge in [-0.2, -0.15) is 8.42 Å². The number of ether oxygens (including phenoxy) is 2. The quantitative estimate of drug-likeness (QED) is 0.366. The van der Waals surface area contributed by atoms with Crippen LogP contribution >= 0.6 is 0 Å². The summed E-state index contributed by atoms with van der Waals surface area (Å²) in [6.45, 7) is 1.78. The number of benzene rings is 3. The molecule has 0 radical (unpaired) electrons. The second-order valence-corrected chi connectivity index (χ2v) is 10.1. The molecule has 1 aliphatic carbocycles. The van der Waals surface area contributed by atoms with Gasteiger partial charge in [0.05, 0.1) is 22.1 Å². The molecule has 0 spiro atoms. The first-order chi connectivity index (χ1) is 17.7. The van der Waals surface area contributed by atoms with Crippen molar-refractivity contribution in [3.8, 4) is 0 Å². The molecular weight excluding hydrogens is 500 g/mol. The smallest absolute Gasteiger partial charge is 0.338 e. The van der Waals surface area contributed by atoms with Crippen LogP contribution in [0, 0.1) is 6.92 Å². The maximum Gasteiger partial charge on any atom is 0.338 e. The fraction of sp³-hybridized carbons (Fsp3) is 0.222. The zero-order valence-corrected chi connectivity index (χ0v) is 20.5. The van der Waals surface area contributed by atoms with Gasteiger partial charge in [-0.15, -0.1) is 0 Å². The van der Waals surface area contributed by atoms with Crippen LogP contribution in [0.2, 0.25) is 0 Å². The van der Waals surface area contributed by atoms with Crippen LogP contribution < -0.4 is 0 Å². The summed E-state index contributed by atoms with van der Waals surface area (Å²) in [5.74, 6) is -2.57. The predicted octanol–water partition coefficient (Wildman–Crippen LogP) is 2.85. The molecule has 3 aromatic carbocycles. The minimum absolute atomic E-state index is 0.100. The average Bonchev–Trinajstić information content (AvgIpc) is 2.89. The van der Waals surface area contributed by atoms with Crippen molar-refractivity contribution in [2.24, 2.45) is 0 Å². The second-order valence-electron chi connectivity index (χ2n) is 8.49. The largest absolute Gasteiger partial charge is 0.451 e. The topological polar surface area (TPSA) is 133 Å². The molecule has 0 aromatic heterocycles. The second kappa shape index (κ2) is 11.0. The van der Waals surface area contributed by atoms with Crippen molar-refractivity contribution >= 4 is 27.8 Å².